The van der Waals surface area contributed by atoms with Gasteiger partial charge in [-0.2, -0.15) is 5.10 Å². The minimum Gasteiger partial charge on any atom is -0.478 e. The van der Waals surface area contributed by atoms with Crippen LogP contribution >= 0.6 is 0 Å². The second kappa shape index (κ2) is 3.23. The van der Waals surface area contributed by atoms with Crippen molar-refractivity contribution < 1.29 is 14.7 Å². The average molecular weight is 184 g/mol. The molecule has 0 spiro atoms. The SMILES string of the molecule is Cn1cc(C(=O)O)c(C(=O)NN)n1. The summed E-state index contributed by atoms with van der Waals surface area (Å²) in [6.45, 7) is 0. The van der Waals surface area contributed by atoms with Crippen molar-refractivity contribution >= 4 is 11.9 Å². The Morgan fingerprint density at radius 2 is 2.31 bits per heavy atom. The number of nitrogens with two attached hydrogens (primary N) is 1. The fourth-order valence-electron chi connectivity index (χ4n) is 0.881. The van der Waals surface area contributed by atoms with Crippen molar-refractivity contribution in [3.63, 3.8) is 0 Å². The van der Waals surface area contributed by atoms with Crippen LogP contribution in [0, 0.1) is 0 Å². The van der Waals surface area contributed by atoms with Crippen molar-refractivity contribution in [3.8, 4) is 0 Å². The lowest BCUT2D eigenvalue weighted by molar-refractivity contribution is 0.0691. The van der Waals surface area contributed by atoms with Crippen molar-refractivity contribution in [2.45, 2.75) is 0 Å². The van der Waals surface area contributed by atoms with Gasteiger partial charge in [-0.05, 0) is 0 Å². The highest BCUT2D eigenvalue weighted by atomic mass is 16.4. The second-order valence-electron chi connectivity index (χ2n) is 2.34. The zero-order chi connectivity index (χ0) is 10.0. The predicted octanol–water partition coefficient (Wildman–Crippen LogP) is -1.28. The number of hydrogen-bond donors (Lipinski definition) is 3. The molecule has 70 valence electrons. The molecule has 0 bridgehead atoms. The van der Waals surface area contributed by atoms with E-state index in [1.165, 1.54) is 17.9 Å². The van der Waals surface area contributed by atoms with Gasteiger partial charge in [0.05, 0.1) is 0 Å². The smallest absolute Gasteiger partial charge is 0.339 e. The summed E-state index contributed by atoms with van der Waals surface area (Å²) in [5.74, 6) is 2.90. The normalized spacial score (nSPS) is 9.69. The van der Waals surface area contributed by atoms with Crippen molar-refractivity contribution in [2.75, 3.05) is 0 Å². The molecule has 1 rings (SSSR count). The summed E-state index contributed by atoms with van der Waals surface area (Å²) in [5.41, 5.74) is 1.44. The van der Waals surface area contributed by atoms with Crippen molar-refractivity contribution in [2.24, 2.45) is 12.9 Å². The maximum atomic E-state index is 11.0. The number of aromatic carboxylic acids is 1. The number of nitrogens with zero attached hydrogens (tertiary/aromatic N) is 2. The number of rotatable bonds is 2. The lowest BCUT2D eigenvalue weighted by atomic mass is 10.2. The summed E-state index contributed by atoms with van der Waals surface area (Å²) in [7, 11) is 1.51. The first kappa shape index (κ1) is 9.20. The van der Waals surface area contributed by atoms with E-state index in [2.05, 4.69) is 5.10 Å². The zero-order valence-corrected chi connectivity index (χ0v) is 6.81. The van der Waals surface area contributed by atoms with Crippen molar-refractivity contribution in [1.82, 2.24) is 15.2 Å². The molecule has 0 aromatic carbocycles. The Bertz CT molecular complexity index is 357. The predicted molar refractivity (Wildman–Crippen MR) is 41.8 cm³/mol. The number of amides is 1. The minimum absolute atomic E-state index is 0.176. The van der Waals surface area contributed by atoms with Crippen LogP contribution in [-0.4, -0.2) is 26.8 Å². The number of carboxylic acids is 1. The van der Waals surface area contributed by atoms with Gasteiger partial charge < -0.3 is 5.11 Å². The van der Waals surface area contributed by atoms with Gasteiger partial charge in [-0.15, -0.1) is 0 Å². The lowest BCUT2D eigenvalue weighted by Gasteiger charge is -1.94. The highest BCUT2D eigenvalue weighted by Gasteiger charge is 2.19. The number of hydrogen-bond acceptors (Lipinski definition) is 4. The molecule has 0 aliphatic heterocycles. The number of nitrogen functional groups attached to an aromatic ring is 1. The van der Waals surface area contributed by atoms with Crippen LogP contribution in [0.2, 0.25) is 0 Å². The van der Waals surface area contributed by atoms with E-state index in [4.69, 9.17) is 10.9 Å². The van der Waals surface area contributed by atoms with Crippen LogP contribution in [0.1, 0.15) is 20.8 Å². The molecule has 0 saturated carbocycles. The molecule has 0 aliphatic carbocycles. The van der Waals surface area contributed by atoms with Gasteiger partial charge in [-0.25, -0.2) is 10.6 Å². The van der Waals surface area contributed by atoms with E-state index in [-0.39, 0.29) is 11.3 Å². The number of hydrazine groups is 1. The molecule has 0 saturated heterocycles. The largest absolute Gasteiger partial charge is 0.478 e. The van der Waals surface area contributed by atoms with Crippen LogP contribution in [0.4, 0.5) is 0 Å². The highest BCUT2D eigenvalue weighted by Crippen LogP contribution is 2.05. The molecule has 4 N–H and O–H groups in total. The van der Waals surface area contributed by atoms with E-state index in [1.807, 2.05) is 5.43 Å². The van der Waals surface area contributed by atoms with Crippen LogP contribution in [0.15, 0.2) is 6.20 Å². The molecule has 0 fully saturated rings. The molecule has 0 unspecified atom stereocenters. The monoisotopic (exact) mass is 184 g/mol. The fraction of sp³-hybridized carbons (Fsp3) is 0.167. The Morgan fingerprint density at radius 3 is 2.77 bits per heavy atom. The molecule has 0 radical (unpaired) electrons. The molecule has 1 aromatic heterocycles. The standard InChI is InChI=1S/C6H8N4O3/c1-10-2-3(6(12)13)4(9-10)5(11)8-7/h2H,7H2,1H3,(H,8,11)(H,12,13). The van der Waals surface area contributed by atoms with Gasteiger partial charge in [-0.1, -0.05) is 0 Å². The third-order valence-corrected chi connectivity index (χ3v) is 1.41. The van der Waals surface area contributed by atoms with E-state index in [0.29, 0.717) is 0 Å². The van der Waals surface area contributed by atoms with Crippen LogP contribution < -0.4 is 11.3 Å². The van der Waals surface area contributed by atoms with Crippen LogP contribution in [0.25, 0.3) is 0 Å². The fourth-order valence-corrected chi connectivity index (χ4v) is 0.881. The first-order valence-corrected chi connectivity index (χ1v) is 3.34. The van der Waals surface area contributed by atoms with Crippen LogP contribution in [0.3, 0.4) is 0 Å². The molecule has 7 nitrogen and oxygen atoms in total. The maximum Gasteiger partial charge on any atom is 0.339 e. The van der Waals surface area contributed by atoms with Gasteiger partial charge >= 0.3 is 5.97 Å². The van der Waals surface area contributed by atoms with Gasteiger partial charge in [0.2, 0.25) is 0 Å². The van der Waals surface area contributed by atoms with Crippen molar-refractivity contribution in [1.29, 1.82) is 0 Å². The van der Waals surface area contributed by atoms with Crippen LogP contribution in [-0.2, 0) is 7.05 Å². The Labute approximate surface area is 73.1 Å². The Kier molecular flexibility index (Phi) is 2.29. The van der Waals surface area contributed by atoms with Gasteiger partial charge in [0.25, 0.3) is 5.91 Å². The van der Waals surface area contributed by atoms with Gasteiger partial charge in [0, 0.05) is 13.2 Å². The number of nitrogens with one attached hydrogen (secondary N) is 1. The quantitative estimate of drug-likeness (QED) is 0.301. The summed E-state index contributed by atoms with van der Waals surface area (Å²) in [6, 6.07) is 0. The first-order valence-electron chi connectivity index (χ1n) is 3.34. The molecule has 1 aromatic rings. The van der Waals surface area contributed by atoms with E-state index in [0.717, 1.165) is 0 Å². The molecular formula is C6H8N4O3. The number of aryl methyl sites for hydroxylation is 1. The molecule has 0 atom stereocenters. The summed E-state index contributed by atoms with van der Waals surface area (Å²) >= 11 is 0. The highest BCUT2D eigenvalue weighted by molar-refractivity contribution is 6.02. The lowest BCUT2D eigenvalue weighted by Crippen LogP contribution is -2.31. The molecule has 13 heavy (non-hydrogen) atoms. The Balaban J connectivity index is 3.19. The third-order valence-electron chi connectivity index (χ3n) is 1.41. The summed E-state index contributed by atoms with van der Waals surface area (Å²) in [5, 5.41) is 12.3. The van der Waals surface area contributed by atoms with Gasteiger partial charge in [-0.3, -0.25) is 14.9 Å². The van der Waals surface area contributed by atoms with E-state index < -0.39 is 11.9 Å². The number of carboxylic acid groups (broad SMARTS) is 1. The molecule has 1 heterocycles. The summed E-state index contributed by atoms with van der Waals surface area (Å²) in [4.78, 5) is 21.6. The molecule has 1 amide bonds. The maximum absolute atomic E-state index is 11.0. The van der Waals surface area contributed by atoms with E-state index in [9.17, 15) is 9.59 Å². The summed E-state index contributed by atoms with van der Waals surface area (Å²) in [6.07, 6.45) is 1.23. The number of carbonyl (C=O) groups excluding carboxylic acids is 1. The van der Waals surface area contributed by atoms with Crippen LogP contribution in [0.5, 0.6) is 0 Å². The number of aromatic nitrogens is 2. The summed E-state index contributed by atoms with van der Waals surface area (Å²) < 4.78 is 1.23. The van der Waals surface area contributed by atoms with E-state index >= 15 is 0 Å². The molecule has 7 heteroatoms. The third kappa shape index (κ3) is 1.64. The molecule has 0 aliphatic rings. The Morgan fingerprint density at radius 1 is 1.69 bits per heavy atom. The average Bonchev–Trinajstić information content (AvgIpc) is 2.46. The second-order valence-corrected chi connectivity index (χ2v) is 2.34. The first-order chi connectivity index (χ1) is 6.06. The topological polar surface area (TPSA) is 110 Å². The van der Waals surface area contributed by atoms with Gasteiger partial charge in [0.15, 0.2) is 5.69 Å². The Hall–Kier alpha value is -1.89. The van der Waals surface area contributed by atoms with Crippen molar-refractivity contribution in [3.05, 3.63) is 17.5 Å². The number of carbonyl (C=O) groups is 2. The molecular weight excluding hydrogens is 176 g/mol. The van der Waals surface area contributed by atoms with Gasteiger partial charge in [0.1, 0.15) is 5.56 Å². The zero-order valence-electron chi connectivity index (χ0n) is 6.81. The minimum atomic E-state index is -1.22. The van der Waals surface area contributed by atoms with E-state index in [1.54, 1.807) is 0 Å².